The van der Waals surface area contributed by atoms with Crippen molar-refractivity contribution in [3.63, 3.8) is 0 Å². The van der Waals surface area contributed by atoms with Crippen molar-refractivity contribution in [3.8, 4) is 5.75 Å². The number of methoxy groups -OCH3 is 1. The summed E-state index contributed by atoms with van der Waals surface area (Å²) in [6.07, 6.45) is 3.57. The molecule has 4 rings (SSSR count). The minimum atomic E-state index is 0.0511. The summed E-state index contributed by atoms with van der Waals surface area (Å²) in [7, 11) is 1.65. The van der Waals surface area contributed by atoms with Crippen LogP contribution in [-0.2, 0) is 17.8 Å². The number of hydrogen-bond donors (Lipinski definition) is 1. The predicted molar refractivity (Wildman–Crippen MR) is 101 cm³/mol. The highest BCUT2D eigenvalue weighted by Crippen LogP contribution is 2.38. The Balaban J connectivity index is 1.37. The van der Waals surface area contributed by atoms with Gasteiger partial charge in [0.2, 0.25) is 5.91 Å². The zero-order valence-electron chi connectivity index (χ0n) is 14.9. The van der Waals surface area contributed by atoms with Crippen LogP contribution in [0, 0.1) is 0 Å². The van der Waals surface area contributed by atoms with E-state index in [1.165, 1.54) is 12.8 Å². The van der Waals surface area contributed by atoms with E-state index >= 15 is 0 Å². The Labute approximate surface area is 153 Å². The molecule has 2 aromatic carbocycles. The number of hydrogen-bond acceptors (Lipinski definition) is 3. The van der Waals surface area contributed by atoms with Crippen LogP contribution >= 0.6 is 0 Å². The molecule has 134 valence electrons. The number of ether oxygens (including phenoxy) is 1. The maximum absolute atomic E-state index is 12.3. The molecule has 1 heterocycles. The highest BCUT2D eigenvalue weighted by molar-refractivity contribution is 5.78. The van der Waals surface area contributed by atoms with E-state index in [4.69, 9.17) is 9.72 Å². The minimum absolute atomic E-state index is 0.0511. The molecule has 1 amide bonds. The number of para-hydroxylation sites is 2. The number of aromatic nitrogens is 2. The van der Waals surface area contributed by atoms with Crippen molar-refractivity contribution >= 4 is 16.9 Å². The average molecular weight is 349 g/mol. The summed E-state index contributed by atoms with van der Waals surface area (Å²) < 4.78 is 7.45. The van der Waals surface area contributed by atoms with Crippen molar-refractivity contribution in [2.45, 2.75) is 38.3 Å². The van der Waals surface area contributed by atoms with Crippen molar-refractivity contribution in [1.29, 1.82) is 0 Å². The number of amides is 1. The van der Waals surface area contributed by atoms with E-state index in [1.807, 2.05) is 42.5 Å². The Hall–Kier alpha value is -2.82. The summed E-state index contributed by atoms with van der Waals surface area (Å²) in [5.41, 5.74) is 3.30. The first-order valence-electron chi connectivity index (χ1n) is 9.10. The predicted octanol–water partition coefficient (Wildman–Crippen LogP) is 3.63. The van der Waals surface area contributed by atoms with Gasteiger partial charge >= 0.3 is 0 Å². The molecule has 5 nitrogen and oxygen atoms in total. The molecule has 0 radical (unpaired) electrons. The SMILES string of the molecule is COc1ccc(CCC(=O)NCc2nc3ccccc3n2C2CC2)cc1. The van der Waals surface area contributed by atoms with Gasteiger partial charge in [-0.3, -0.25) is 4.79 Å². The number of fused-ring (bicyclic) bond motifs is 1. The number of nitrogens with zero attached hydrogens (tertiary/aromatic N) is 2. The molecule has 1 N–H and O–H groups in total. The molecule has 3 aromatic rings. The van der Waals surface area contributed by atoms with Gasteiger partial charge in [-0.05, 0) is 49.1 Å². The van der Waals surface area contributed by atoms with Gasteiger partial charge < -0.3 is 14.6 Å². The van der Waals surface area contributed by atoms with Crippen LogP contribution < -0.4 is 10.1 Å². The molecule has 0 atom stereocenters. The Morgan fingerprint density at radius 2 is 1.96 bits per heavy atom. The van der Waals surface area contributed by atoms with E-state index in [1.54, 1.807) is 7.11 Å². The van der Waals surface area contributed by atoms with Crippen LogP contribution in [0.5, 0.6) is 5.75 Å². The van der Waals surface area contributed by atoms with Crippen LogP contribution in [0.1, 0.15) is 36.7 Å². The number of nitrogens with one attached hydrogen (secondary N) is 1. The normalized spacial score (nSPS) is 13.7. The fourth-order valence-electron chi connectivity index (χ4n) is 3.28. The Morgan fingerprint density at radius 1 is 1.19 bits per heavy atom. The molecule has 1 fully saturated rings. The summed E-state index contributed by atoms with van der Waals surface area (Å²) in [6, 6.07) is 16.6. The molecule has 0 bridgehead atoms. The van der Waals surface area contributed by atoms with Gasteiger partial charge in [0.25, 0.3) is 0 Å². The van der Waals surface area contributed by atoms with E-state index in [0.29, 0.717) is 19.0 Å². The standard InChI is InChI=1S/C21H23N3O2/c1-26-17-11-6-15(7-12-17)8-13-21(25)22-14-20-23-18-4-2-3-5-19(18)24(20)16-9-10-16/h2-7,11-12,16H,8-10,13-14H2,1H3,(H,22,25). The highest BCUT2D eigenvalue weighted by Gasteiger charge is 2.28. The third-order valence-corrected chi connectivity index (χ3v) is 4.82. The van der Waals surface area contributed by atoms with E-state index in [0.717, 1.165) is 34.6 Å². The molecule has 0 spiro atoms. The maximum Gasteiger partial charge on any atom is 0.220 e. The second-order valence-electron chi connectivity index (χ2n) is 6.74. The van der Waals surface area contributed by atoms with Crippen LogP contribution in [0.15, 0.2) is 48.5 Å². The zero-order valence-corrected chi connectivity index (χ0v) is 14.9. The lowest BCUT2D eigenvalue weighted by Gasteiger charge is -2.09. The number of imidazole rings is 1. The molecule has 0 unspecified atom stereocenters. The summed E-state index contributed by atoms with van der Waals surface area (Å²) in [4.78, 5) is 17.0. The first-order valence-corrected chi connectivity index (χ1v) is 9.10. The molecule has 1 aliphatic rings. The number of benzene rings is 2. The topological polar surface area (TPSA) is 56.1 Å². The molecular weight excluding hydrogens is 326 g/mol. The largest absolute Gasteiger partial charge is 0.497 e. The fraction of sp³-hybridized carbons (Fsp3) is 0.333. The quantitative estimate of drug-likeness (QED) is 0.709. The van der Waals surface area contributed by atoms with Gasteiger partial charge in [-0.1, -0.05) is 24.3 Å². The fourth-order valence-corrected chi connectivity index (χ4v) is 3.28. The van der Waals surface area contributed by atoms with Gasteiger partial charge in [-0.15, -0.1) is 0 Å². The Morgan fingerprint density at radius 3 is 2.69 bits per heavy atom. The van der Waals surface area contributed by atoms with Crippen molar-refractivity contribution in [2.24, 2.45) is 0 Å². The lowest BCUT2D eigenvalue weighted by Crippen LogP contribution is -2.24. The molecule has 26 heavy (non-hydrogen) atoms. The average Bonchev–Trinajstić information content (AvgIpc) is 3.45. The van der Waals surface area contributed by atoms with E-state index in [2.05, 4.69) is 16.0 Å². The van der Waals surface area contributed by atoms with Gasteiger partial charge in [-0.25, -0.2) is 4.98 Å². The second kappa shape index (κ2) is 7.20. The number of carbonyl (C=O) groups is 1. The van der Waals surface area contributed by atoms with E-state index < -0.39 is 0 Å². The highest BCUT2D eigenvalue weighted by atomic mass is 16.5. The van der Waals surface area contributed by atoms with E-state index in [9.17, 15) is 4.79 Å². The smallest absolute Gasteiger partial charge is 0.220 e. The van der Waals surface area contributed by atoms with Crippen molar-refractivity contribution in [2.75, 3.05) is 7.11 Å². The van der Waals surface area contributed by atoms with Crippen molar-refractivity contribution in [3.05, 3.63) is 59.9 Å². The lowest BCUT2D eigenvalue weighted by molar-refractivity contribution is -0.121. The van der Waals surface area contributed by atoms with Gasteiger partial charge in [0.1, 0.15) is 11.6 Å². The van der Waals surface area contributed by atoms with Crippen LogP contribution in [0.4, 0.5) is 0 Å². The monoisotopic (exact) mass is 349 g/mol. The van der Waals surface area contributed by atoms with Crippen LogP contribution in [-0.4, -0.2) is 22.6 Å². The third-order valence-electron chi connectivity index (χ3n) is 4.82. The first-order chi connectivity index (χ1) is 12.7. The summed E-state index contributed by atoms with van der Waals surface area (Å²) >= 11 is 0. The summed E-state index contributed by atoms with van der Waals surface area (Å²) in [5, 5.41) is 3.03. The maximum atomic E-state index is 12.3. The third kappa shape index (κ3) is 3.57. The molecule has 1 saturated carbocycles. The molecule has 1 aromatic heterocycles. The van der Waals surface area contributed by atoms with Crippen molar-refractivity contribution < 1.29 is 9.53 Å². The lowest BCUT2D eigenvalue weighted by atomic mass is 10.1. The number of aryl methyl sites for hydroxylation is 1. The van der Waals surface area contributed by atoms with Crippen LogP contribution in [0.25, 0.3) is 11.0 Å². The molecule has 5 heteroatoms. The van der Waals surface area contributed by atoms with Gasteiger partial charge in [0, 0.05) is 12.5 Å². The molecule has 0 aliphatic heterocycles. The van der Waals surface area contributed by atoms with Crippen LogP contribution in [0.3, 0.4) is 0 Å². The number of rotatable bonds is 7. The zero-order chi connectivity index (χ0) is 17.9. The van der Waals surface area contributed by atoms with E-state index in [-0.39, 0.29) is 5.91 Å². The van der Waals surface area contributed by atoms with Crippen LogP contribution in [0.2, 0.25) is 0 Å². The van der Waals surface area contributed by atoms with Gasteiger partial charge in [0.05, 0.1) is 24.7 Å². The Bertz CT molecular complexity index is 911. The second-order valence-corrected chi connectivity index (χ2v) is 6.74. The number of carbonyl (C=O) groups excluding carboxylic acids is 1. The minimum Gasteiger partial charge on any atom is -0.497 e. The van der Waals surface area contributed by atoms with Gasteiger partial charge in [-0.2, -0.15) is 0 Å². The molecule has 0 saturated heterocycles. The molecule has 1 aliphatic carbocycles. The van der Waals surface area contributed by atoms with Gasteiger partial charge in [0.15, 0.2) is 0 Å². The Kier molecular flexibility index (Phi) is 4.61. The first kappa shape index (κ1) is 16.6. The summed E-state index contributed by atoms with van der Waals surface area (Å²) in [6.45, 7) is 0.479. The molecular formula is C21H23N3O2. The van der Waals surface area contributed by atoms with Crippen molar-refractivity contribution in [1.82, 2.24) is 14.9 Å². The summed E-state index contributed by atoms with van der Waals surface area (Å²) in [5.74, 6) is 1.83.